The second kappa shape index (κ2) is 6.31. The van der Waals surface area contributed by atoms with Gasteiger partial charge in [-0.05, 0) is 19.4 Å². The van der Waals surface area contributed by atoms with Crippen LogP contribution in [0, 0.1) is 0 Å². The monoisotopic (exact) mass is 306 g/mol. The Morgan fingerprint density at radius 3 is 3.24 bits per heavy atom. The van der Waals surface area contributed by atoms with E-state index in [1.165, 1.54) is 11.3 Å². The van der Waals surface area contributed by atoms with Crippen LogP contribution < -0.4 is 5.32 Å². The Balaban J connectivity index is 1.63. The molecule has 1 fully saturated rings. The molecule has 0 aromatic carbocycles. The van der Waals surface area contributed by atoms with E-state index < -0.39 is 0 Å². The highest BCUT2D eigenvalue weighted by atomic mass is 32.1. The van der Waals surface area contributed by atoms with Crippen LogP contribution in [0.5, 0.6) is 0 Å². The van der Waals surface area contributed by atoms with Gasteiger partial charge in [-0.1, -0.05) is 6.92 Å². The average molecular weight is 306 g/mol. The summed E-state index contributed by atoms with van der Waals surface area (Å²) in [5.74, 6) is 1.64. The van der Waals surface area contributed by atoms with Crippen LogP contribution in [0.3, 0.4) is 0 Å². The fourth-order valence-electron chi connectivity index (χ4n) is 2.54. The molecule has 1 atom stereocenters. The number of hydrogen-bond donors (Lipinski definition) is 2. The summed E-state index contributed by atoms with van der Waals surface area (Å²) >= 11 is 1.43. The van der Waals surface area contributed by atoms with Gasteiger partial charge < -0.3 is 5.32 Å². The summed E-state index contributed by atoms with van der Waals surface area (Å²) in [6.45, 7) is 3.55. The first-order valence-corrected chi connectivity index (χ1v) is 7.98. The first-order chi connectivity index (χ1) is 10.3. The van der Waals surface area contributed by atoms with E-state index in [1.54, 1.807) is 6.20 Å². The van der Waals surface area contributed by atoms with Crippen molar-refractivity contribution >= 4 is 22.4 Å². The van der Waals surface area contributed by atoms with Crippen molar-refractivity contribution in [2.24, 2.45) is 0 Å². The lowest BCUT2D eigenvalue weighted by Gasteiger charge is -2.21. The minimum Gasteiger partial charge on any atom is -0.301 e. The zero-order valence-electron chi connectivity index (χ0n) is 11.9. The highest BCUT2D eigenvalue weighted by Crippen LogP contribution is 2.21. The van der Waals surface area contributed by atoms with E-state index in [1.807, 2.05) is 12.3 Å². The van der Waals surface area contributed by atoms with Gasteiger partial charge in [0.05, 0.1) is 12.6 Å². The van der Waals surface area contributed by atoms with Gasteiger partial charge in [-0.25, -0.2) is 9.97 Å². The number of aryl methyl sites for hydroxylation is 1. The Kier molecular flexibility index (Phi) is 4.26. The topological polar surface area (TPSA) is 86.8 Å². The van der Waals surface area contributed by atoms with Crippen molar-refractivity contribution in [3.05, 3.63) is 23.2 Å². The number of hydrogen-bond acceptors (Lipinski definition) is 6. The molecule has 2 aromatic heterocycles. The average Bonchev–Trinajstić information content (AvgIpc) is 3.20. The maximum Gasteiger partial charge on any atom is 0.243 e. The SMILES string of the molecule is CCc1n[nH]c(CN2CCCC2C(=O)Nc2nccs2)n1. The van der Waals surface area contributed by atoms with Crippen molar-refractivity contribution in [1.29, 1.82) is 0 Å². The van der Waals surface area contributed by atoms with Crippen LogP contribution in [0.15, 0.2) is 11.6 Å². The number of aromatic amines is 1. The lowest BCUT2D eigenvalue weighted by molar-refractivity contribution is -0.120. The maximum atomic E-state index is 12.3. The van der Waals surface area contributed by atoms with Gasteiger partial charge >= 0.3 is 0 Å². The number of thiazole rings is 1. The predicted molar refractivity (Wildman–Crippen MR) is 79.9 cm³/mol. The second-order valence-corrected chi connectivity index (χ2v) is 5.90. The van der Waals surface area contributed by atoms with Crippen LogP contribution in [0.2, 0.25) is 0 Å². The summed E-state index contributed by atoms with van der Waals surface area (Å²) in [5, 5.41) is 12.5. The van der Waals surface area contributed by atoms with Gasteiger partial charge in [0.25, 0.3) is 0 Å². The summed E-state index contributed by atoms with van der Waals surface area (Å²) in [5.41, 5.74) is 0. The molecule has 1 unspecified atom stereocenters. The van der Waals surface area contributed by atoms with Crippen molar-refractivity contribution in [1.82, 2.24) is 25.1 Å². The molecule has 3 heterocycles. The molecule has 0 spiro atoms. The Labute approximate surface area is 126 Å². The van der Waals surface area contributed by atoms with Gasteiger partial charge in [0.2, 0.25) is 5.91 Å². The number of anilines is 1. The Bertz CT molecular complexity index is 596. The van der Waals surface area contributed by atoms with E-state index in [-0.39, 0.29) is 11.9 Å². The molecule has 1 aliphatic heterocycles. The molecular weight excluding hydrogens is 288 g/mol. The highest BCUT2D eigenvalue weighted by molar-refractivity contribution is 7.13. The first-order valence-electron chi connectivity index (χ1n) is 7.11. The van der Waals surface area contributed by atoms with Crippen LogP contribution >= 0.6 is 11.3 Å². The molecule has 1 saturated heterocycles. The summed E-state index contributed by atoms with van der Waals surface area (Å²) in [7, 11) is 0. The molecule has 1 aliphatic rings. The van der Waals surface area contributed by atoms with Gasteiger partial charge in [0.15, 0.2) is 5.13 Å². The molecule has 112 valence electrons. The molecule has 7 nitrogen and oxygen atoms in total. The van der Waals surface area contributed by atoms with Crippen LogP contribution in [-0.4, -0.2) is 43.6 Å². The summed E-state index contributed by atoms with van der Waals surface area (Å²) in [6.07, 6.45) is 4.38. The summed E-state index contributed by atoms with van der Waals surface area (Å²) in [6, 6.07) is -0.121. The maximum absolute atomic E-state index is 12.3. The van der Waals surface area contributed by atoms with Gasteiger partial charge in [-0.15, -0.1) is 11.3 Å². The number of carbonyl (C=O) groups excluding carboxylic acids is 1. The fourth-order valence-corrected chi connectivity index (χ4v) is 3.07. The van der Waals surface area contributed by atoms with Gasteiger partial charge in [0, 0.05) is 18.0 Å². The fraction of sp³-hybridized carbons (Fsp3) is 0.538. The van der Waals surface area contributed by atoms with Crippen LogP contribution in [-0.2, 0) is 17.8 Å². The third kappa shape index (κ3) is 3.27. The standard InChI is InChI=1S/C13H18N6OS/c1-2-10-15-11(18-17-10)8-19-6-3-4-9(19)12(20)16-13-14-5-7-21-13/h5,7,9H,2-4,6,8H2,1H3,(H,14,16,20)(H,15,17,18). The second-order valence-electron chi connectivity index (χ2n) is 5.01. The van der Waals surface area contributed by atoms with E-state index in [0.717, 1.165) is 37.5 Å². The Morgan fingerprint density at radius 1 is 1.62 bits per heavy atom. The zero-order chi connectivity index (χ0) is 14.7. The number of likely N-dealkylation sites (tertiary alicyclic amines) is 1. The van der Waals surface area contributed by atoms with E-state index in [0.29, 0.717) is 11.7 Å². The number of amides is 1. The molecule has 0 radical (unpaired) electrons. The van der Waals surface area contributed by atoms with Crippen LogP contribution in [0.4, 0.5) is 5.13 Å². The van der Waals surface area contributed by atoms with Crippen molar-refractivity contribution in [3.63, 3.8) is 0 Å². The smallest absolute Gasteiger partial charge is 0.243 e. The highest BCUT2D eigenvalue weighted by Gasteiger charge is 2.31. The minimum atomic E-state index is -0.121. The van der Waals surface area contributed by atoms with Crippen molar-refractivity contribution in [2.75, 3.05) is 11.9 Å². The lowest BCUT2D eigenvalue weighted by atomic mass is 10.2. The van der Waals surface area contributed by atoms with Crippen LogP contribution in [0.1, 0.15) is 31.4 Å². The van der Waals surface area contributed by atoms with E-state index >= 15 is 0 Å². The summed E-state index contributed by atoms with van der Waals surface area (Å²) in [4.78, 5) is 23.0. The molecule has 0 saturated carbocycles. The summed E-state index contributed by atoms with van der Waals surface area (Å²) < 4.78 is 0. The molecule has 3 rings (SSSR count). The van der Waals surface area contributed by atoms with E-state index in [9.17, 15) is 4.79 Å². The molecule has 8 heteroatoms. The zero-order valence-corrected chi connectivity index (χ0v) is 12.7. The van der Waals surface area contributed by atoms with Gasteiger partial charge in [-0.2, -0.15) is 5.10 Å². The van der Waals surface area contributed by atoms with Crippen LogP contribution in [0.25, 0.3) is 0 Å². The molecular formula is C13H18N6OS. The van der Waals surface area contributed by atoms with E-state index in [2.05, 4.69) is 30.4 Å². The molecule has 0 aliphatic carbocycles. The van der Waals surface area contributed by atoms with Crippen molar-refractivity contribution in [3.8, 4) is 0 Å². The Hall–Kier alpha value is -1.80. The van der Waals surface area contributed by atoms with Gasteiger partial charge in [-0.3, -0.25) is 14.8 Å². The van der Waals surface area contributed by atoms with Crippen molar-refractivity contribution in [2.45, 2.75) is 38.8 Å². The number of aromatic nitrogens is 4. The lowest BCUT2D eigenvalue weighted by Crippen LogP contribution is -2.39. The normalized spacial score (nSPS) is 19.0. The number of rotatable bonds is 5. The molecule has 2 N–H and O–H groups in total. The largest absolute Gasteiger partial charge is 0.301 e. The number of H-pyrrole nitrogens is 1. The van der Waals surface area contributed by atoms with E-state index in [4.69, 9.17) is 0 Å². The third-order valence-corrected chi connectivity index (χ3v) is 4.26. The predicted octanol–water partition coefficient (Wildman–Crippen LogP) is 1.43. The molecule has 2 aromatic rings. The van der Waals surface area contributed by atoms with Gasteiger partial charge in [0.1, 0.15) is 11.6 Å². The van der Waals surface area contributed by atoms with Crippen molar-refractivity contribution < 1.29 is 4.79 Å². The number of nitrogens with zero attached hydrogens (tertiary/aromatic N) is 4. The number of nitrogens with one attached hydrogen (secondary N) is 2. The quantitative estimate of drug-likeness (QED) is 0.872. The Morgan fingerprint density at radius 2 is 2.52 bits per heavy atom. The first kappa shape index (κ1) is 14.2. The third-order valence-electron chi connectivity index (χ3n) is 3.58. The minimum absolute atomic E-state index is 0.0117. The molecule has 21 heavy (non-hydrogen) atoms. The molecule has 0 bridgehead atoms. The molecule has 1 amide bonds. The number of carbonyl (C=O) groups is 1.